The maximum Gasteiger partial charge on any atom is 0.0509 e. The van der Waals surface area contributed by atoms with Crippen molar-refractivity contribution in [2.75, 3.05) is 40.3 Å². The Hall–Kier alpha value is -0.900. The van der Waals surface area contributed by atoms with E-state index < -0.39 is 0 Å². The quantitative estimate of drug-likeness (QED) is 0.893. The van der Waals surface area contributed by atoms with Crippen molar-refractivity contribution in [1.82, 2.24) is 9.80 Å². The van der Waals surface area contributed by atoms with Crippen molar-refractivity contribution in [3.63, 3.8) is 0 Å². The molecule has 1 aromatic rings. The second kappa shape index (κ2) is 6.70. The minimum Gasteiger partial charge on any atom is -0.321 e. The van der Waals surface area contributed by atoms with Crippen molar-refractivity contribution in [1.29, 1.82) is 0 Å². The molecule has 1 fully saturated rings. The van der Waals surface area contributed by atoms with E-state index in [1.54, 1.807) is 0 Å². The van der Waals surface area contributed by atoms with Crippen LogP contribution >= 0.6 is 0 Å². The minimum absolute atomic E-state index is 0.276. The molecule has 0 amide bonds. The van der Waals surface area contributed by atoms with Crippen LogP contribution in [0.25, 0.3) is 0 Å². The molecule has 0 aliphatic carbocycles. The van der Waals surface area contributed by atoms with Gasteiger partial charge in [-0.2, -0.15) is 0 Å². The van der Waals surface area contributed by atoms with Crippen LogP contribution in [0.2, 0.25) is 0 Å². The molecule has 1 aliphatic rings. The standard InChI is InChI=1S/C17H29N3/c1-17(18,16-7-5-4-6-8-16)14-20(3)13-15-9-11-19(2)12-10-15/h4-8,15H,9-14,18H2,1-3H3. The topological polar surface area (TPSA) is 32.5 Å². The molecule has 0 radical (unpaired) electrons. The zero-order chi connectivity index (χ0) is 14.6. The van der Waals surface area contributed by atoms with Gasteiger partial charge in [0.25, 0.3) is 0 Å². The number of hydrogen-bond acceptors (Lipinski definition) is 3. The Bertz CT molecular complexity index is 394. The van der Waals surface area contributed by atoms with Gasteiger partial charge in [0.1, 0.15) is 0 Å². The van der Waals surface area contributed by atoms with Crippen molar-refractivity contribution in [3.05, 3.63) is 35.9 Å². The molecule has 20 heavy (non-hydrogen) atoms. The summed E-state index contributed by atoms with van der Waals surface area (Å²) < 4.78 is 0. The first-order valence-electron chi connectivity index (χ1n) is 7.69. The lowest BCUT2D eigenvalue weighted by Crippen LogP contribution is -2.46. The fourth-order valence-corrected chi connectivity index (χ4v) is 3.22. The summed E-state index contributed by atoms with van der Waals surface area (Å²) in [5.41, 5.74) is 7.46. The molecular formula is C17H29N3. The van der Waals surface area contributed by atoms with Crippen LogP contribution in [0.4, 0.5) is 0 Å². The maximum atomic E-state index is 6.52. The van der Waals surface area contributed by atoms with E-state index in [9.17, 15) is 0 Å². The van der Waals surface area contributed by atoms with Crippen LogP contribution in [0, 0.1) is 5.92 Å². The third-order valence-electron chi connectivity index (χ3n) is 4.44. The van der Waals surface area contributed by atoms with E-state index in [0.29, 0.717) is 0 Å². The van der Waals surface area contributed by atoms with E-state index in [4.69, 9.17) is 5.73 Å². The average Bonchev–Trinajstić information content (AvgIpc) is 2.42. The summed E-state index contributed by atoms with van der Waals surface area (Å²) in [7, 11) is 4.42. The van der Waals surface area contributed by atoms with Gasteiger partial charge in [0.2, 0.25) is 0 Å². The second-order valence-electron chi connectivity index (χ2n) is 6.73. The van der Waals surface area contributed by atoms with Crippen LogP contribution in [0.15, 0.2) is 30.3 Å². The highest BCUT2D eigenvalue weighted by atomic mass is 15.1. The predicted octanol–water partition coefficient (Wildman–Crippen LogP) is 2.13. The van der Waals surface area contributed by atoms with Crippen LogP contribution in [0.5, 0.6) is 0 Å². The van der Waals surface area contributed by atoms with Crippen LogP contribution in [-0.4, -0.2) is 50.1 Å². The molecular weight excluding hydrogens is 246 g/mol. The average molecular weight is 275 g/mol. The number of piperidine rings is 1. The highest BCUT2D eigenvalue weighted by Crippen LogP contribution is 2.21. The van der Waals surface area contributed by atoms with E-state index in [1.807, 2.05) is 6.07 Å². The van der Waals surface area contributed by atoms with E-state index in [1.165, 1.54) is 31.5 Å². The first-order valence-corrected chi connectivity index (χ1v) is 7.69. The number of rotatable bonds is 5. The van der Waals surface area contributed by atoms with Gasteiger partial charge >= 0.3 is 0 Å². The molecule has 112 valence electrons. The number of likely N-dealkylation sites (tertiary alicyclic amines) is 1. The lowest BCUT2D eigenvalue weighted by atomic mass is 9.91. The number of nitrogens with two attached hydrogens (primary N) is 1. The Kier molecular flexibility index (Phi) is 5.19. The third-order valence-corrected chi connectivity index (χ3v) is 4.44. The predicted molar refractivity (Wildman–Crippen MR) is 85.7 cm³/mol. The summed E-state index contributed by atoms with van der Waals surface area (Å²) in [6, 6.07) is 10.4. The SMILES string of the molecule is CN1CCC(CN(C)CC(C)(N)c2ccccc2)CC1. The molecule has 3 nitrogen and oxygen atoms in total. The lowest BCUT2D eigenvalue weighted by Gasteiger charge is -2.35. The Balaban J connectivity index is 1.86. The smallest absolute Gasteiger partial charge is 0.0509 e. The number of likely N-dealkylation sites (N-methyl/N-ethyl adjacent to an activating group) is 1. The van der Waals surface area contributed by atoms with Gasteiger partial charge < -0.3 is 15.5 Å². The van der Waals surface area contributed by atoms with Crippen molar-refractivity contribution in [3.8, 4) is 0 Å². The minimum atomic E-state index is -0.276. The number of nitrogens with zero attached hydrogens (tertiary/aromatic N) is 2. The Morgan fingerprint density at radius 1 is 1.25 bits per heavy atom. The molecule has 1 aliphatic heterocycles. The van der Waals surface area contributed by atoms with Gasteiger partial charge in [0, 0.05) is 13.1 Å². The molecule has 3 heteroatoms. The molecule has 1 aromatic carbocycles. The summed E-state index contributed by atoms with van der Waals surface area (Å²) in [4.78, 5) is 4.83. The normalized spacial score (nSPS) is 21.1. The molecule has 0 bridgehead atoms. The zero-order valence-corrected chi connectivity index (χ0v) is 13.2. The van der Waals surface area contributed by atoms with E-state index in [-0.39, 0.29) is 5.54 Å². The number of hydrogen-bond donors (Lipinski definition) is 1. The van der Waals surface area contributed by atoms with E-state index in [0.717, 1.165) is 19.0 Å². The van der Waals surface area contributed by atoms with E-state index in [2.05, 4.69) is 55.1 Å². The molecule has 0 spiro atoms. The summed E-state index contributed by atoms with van der Waals surface area (Å²) in [5, 5.41) is 0. The molecule has 2 rings (SSSR count). The van der Waals surface area contributed by atoms with Crippen molar-refractivity contribution >= 4 is 0 Å². The first-order chi connectivity index (χ1) is 9.47. The van der Waals surface area contributed by atoms with Crippen LogP contribution in [-0.2, 0) is 5.54 Å². The monoisotopic (exact) mass is 275 g/mol. The van der Waals surface area contributed by atoms with Gasteiger partial charge in [0.15, 0.2) is 0 Å². The highest BCUT2D eigenvalue weighted by Gasteiger charge is 2.25. The number of benzene rings is 1. The third kappa shape index (κ3) is 4.30. The Morgan fingerprint density at radius 3 is 2.45 bits per heavy atom. The van der Waals surface area contributed by atoms with Gasteiger partial charge in [-0.1, -0.05) is 30.3 Å². The first kappa shape index (κ1) is 15.5. The summed E-state index contributed by atoms with van der Waals surface area (Å²) in [6.45, 7) is 6.67. The van der Waals surface area contributed by atoms with Gasteiger partial charge in [-0.25, -0.2) is 0 Å². The van der Waals surface area contributed by atoms with Crippen molar-refractivity contribution in [2.24, 2.45) is 11.7 Å². The van der Waals surface area contributed by atoms with Gasteiger partial charge in [-0.15, -0.1) is 0 Å². The Morgan fingerprint density at radius 2 is 1.85 bits per heavy atom. The largest absolute Gasteiger partial charge is 0.321 e. The zero-order valence-electron chi connectivity index (χ0n) is 13.2. The molecule has 2 N–H and O–H groups in total. The fraction of sp³-hybridized carbons (Fsp3) is 0.647. The lowest BCUT2D eigenvalue weighted by molar-refractivity contribution is 0.161. The summed E-state index contributed by atoms with van der Waals surface area (Å²) >= 11 is 0. The highest BCUT2D eigenvalue weighted by molar-refractivity contribution is 5.23. The second-order valence-corrected chi connectivity index (χ2v) is 6.73. The molecule has 1 heterocycles. The van der Waals surface area contributed by atoms with Crippen molar-refractivity contribution < 1.29 is 0 Å². The fourth-order valence-electron chi connectivity index (χ4n) is 3.22. The molecule has 0 aromatic heterocycles. The maximum absolute atomic E-state index is 6.52. The van der Waals surface area contributed by atoms with Gasteiger partial charge in [-0.05, 0) is 58.4 Å². The molecule has 1 unspecified atom stereocenters. The van der Waals surface area contributed by atoms with Gasteiger partial charge in [0.05, 0.1) is 5.54 Å². The van der Waals surface area contributed by atoms with Crippen LogP contribution in [0.1, 0.15) is 25.3 Å². The molecule has 0 saturated carbocycles. The summed E-state index contributed by atoms with van der Waals surface area (Å²) in [6.07, 6.45) is 2.63. The molecule has 1 atom stereocenters. The van der Waals surface area contributed by atoms with Crippen LogP contribution < -0.4 is 5.73 Å². The van der Waals surface area contributed by atoms with Crippen LogP contribution in [0.3, 0.4) is 0 Å². The van der Waals surface area contributed by atoms with E-state index >= 15 is 0 Å². The Labute approximate surface area is 123 Å². The van der Waals surface area contributed by atoms with Crippen molar-refractivity contribution in [2.45, 2.75) is 25.3 Å². The van der Waals surface area contributed by atoms with Gasteiger partial charge in [-0.3, -0.25) is 0 Å². The summed E-state index contributed by atoms with van der Waals surface area (Å²) in [5.74, 6) is 0.822. The molecule has 1 saturated heterocycles.